The minimum Gasteiger partial charge on any atom is -0.441 e. The zero-order valence-electron chi connectivity index (χ0n) is 16.6. The molecule has 3 heterocycles. The van der Waals surface area contributed by atoms with Gasteiger partial charge in [0.2, 0.25) is 5.91 Å². The average Bonchev–Trinajstić information content (AvgIpc) is 3.50. The van der Waals surface area contributed by atoms with E-state index in [1.54, 1.807) is 11.3 Å². The molecule has 0 unspecified atom stereocenters. The highest BCUT2D eigenvalue weighted by Gasteiger charge is 2.32. The van der Waals surface area contributed by atoms with Gasteiger partial charge in [0.25, 0.3) is 0 Å². The molecule has 0 N–H and O–H groups in total. The van der Waals surface area contributed by atoms with Crippen molar-refractivity contribution in [3.63, 3.8) is 0 Å². The minimum atomic E-state index is -0.713. The molecule has 4 aromatic rings. The summed E-state index contributed by atoms with van der Waals surface area (Å²) in [7, 11) is 0. The maximum atomic E-state index is 14.0. The van der Waals surface area contributed by atoms with Crippen molar-refractivity contribution in [3.8, 4) is 11.3 Å². The molecule has 8 heteroatoms. The van der Waals surface area contributed by atoms with E-state index in [0.717, 1.165) is 28.1 Å². The summed E-state index contributed by atoms with van der Waals surface area (Å²) >= 11 is 1.63. The second kappa shape index (κ2) is 8.19. The molecule has 0 saturated carbocycles. The number of halogens is 2. The van der Waals surface area contributed by atoms with E-state index < -0.39 is 11.6 Å². The summed E-state index contributed by atoms with van der Waals surface area (Å²) in [4.78, 5) is 23.6. The van der Waals surface area contributed by atoms with Gasteiger partial charge in [0.05, 0.1) is 28.0 Å². The molecule has 1 atom stereocenters. The Morgan fingerprint density at radius 3 is 2.77 bits per heavy atom. The van der Waals surface area contributed by atoms with Crippen LogP contribution < -0.4 is 0 Å². The maximum Gasteiger partial charge on any atom is 0.223 e. The van der Waals surface area contributed by atoms with Gasteiger partial charge in [0.1, 0.15) is 16.6 Å². The third kappa shape index (κ3) is 3.83. The molecule has 1 saturated heterocycles. The van der Waals surface area contributed by atoms with Gasteiger partial charge in [0, 0.05) is 19.4 Å². The Hall–Kier alpha value is -3.13. The summed E-state index contributed by atoms with van der Waals surface area (Å²) in [6, 6.07) is 11.6. The van der Waals surface area contributed by atoms with Gasteiger partial charge in [-0.25, -0.2) is 18.7 Å². The van der Waals surface area contributed by atoms with Crippen molar-refractivity contribution in [2.24, 2.45) is 0 Å². The SMILES string of the molecule is O=C(CCc1ncc(-c2c(F)cccc2F)o1)N1CCC[C@@H]1c1nc2ccccc2s1. The Morgan fingerprint density at radius 1 is 1.16 bits per heavy atom. The van der Waals surface area contributed by atoms with Crippen LogP contribution in [0.4, 0.5) is 8.78 Å². The number of aryl methyl sites for hydroxylation is 1. The van der Waals surface area contributed by atoms with Crippen LogP contribution in [-0.4, -0.2) is 27.3 Å². The topological polar surface area (TPSA) is 59.2 Å². The van der Waals surface area contributed by atoms with E-state index in [1.165, 1.54) is 24.4 Å². The fourth-order valence-corrected chi connectivity index (χ4v) is 5.10. The zero-order valence-corrected chi connectivity index (χ0v) is 17.4. The number of para-hydroxylation sites is 1. The molecule has 1 amide bonds. The van der Waals surface area contributed by atoms with E-state index >= 15 is 0 Å². The fourth-order valence-electron chi connectivity index (χ4n) is 3.99. The van der Waals surface area contributed by atoms with Crippen molar-refractivity contribution in [2.45, 2.75) is 31.7 Å². The lowest BCUT2D eigenvalue weighted by Gasteiger charge is -2.22. The Kier molecular flexibility index (Phi) is 5.23. The van der Waals surface area contributed by atoms with Crippen molar-refractivity contribution in [1.82, 2.24) is 14.9 Å². The van der Waals surface area contributed by atoms with Crippen LogP contribution in [0.1, 0.15) is 36.2 Å². The largest absolute Gasteiger partial charge is 0.441 e. The normalized spacial score (nSPS) is 16.3. The van der Waals surface area contributed by atoms with E-state index in [4.69, 9.17) is 9.40 Å². The van der Waals surface area contributed by atoms with Crippen LogP contribution in [0, 0.1) is 11.6 Å². The summed E-state index contributed by atoms with van der Waals surface area (Å²) in [5.41, 5.74) is 0.706. The van der Waals surface area contributed by atoms with Crippen LogP contribution in [0.5, 0.6) is 0 Å². The number of fused-ring (bicyclic) bond motifs is 1. The lowest BCUT2D eigenvalue weighted by Crippen LogP contribution is -2.30. The highest BCUT2D eigenvalue weighted by molar-refractivity contribution is 7.18. The van der Waals surface area contributed by atoms with E-state index in [9.17, 15) is 13.6 Å². The van der Waals surface area contributed by atoms with E-state index in [2.05, 4.69) is 4.98 Å². The van der Waals surface area contributed by atoms with Gasteiger partial charge in [-0.05, 0) is 37.1 Å². The highest BCUT2D eigenvalue weighted by atomic mass is 32.1. The molecule has 158 valence electrons. The van der Waals surface area contributed by atoms with Crippen molar-refractivity contribution < 1.29 is 18.0 Å². The first-order valence-electron chi connectivity index (χ1n) is 10.1. The molecule has 2 aromatic heterocycles. The molecule has 0 spiro atoms. The number of nitrogens with zero attached hydrogens (tertiary/aromatic N) is 3. The van der Waals surface area contributed by atoms with Gasteiger partial charge in [-0.2, -0.15) is 0 Å². The second-order valence-electron chi connectivity index (χ2n) is 7.48. The smallest absolute Gasteiger partial charge is 0.223 e. The lowest BCUT2D eigenvalue weighted by atomic mass is 10.1. The third-order valence-electron chi connectivity index (χ3n) is 5.48. The Morgan fingerprint density at radius 2 is 1.97 bits per heavy atom. The number of rotatable bonds is 5. The molecule has 5 rings (SSSR count). The molecule has 0 radical (unpaired) electrons. The van der Waals surface area contributed by atoms with Crippen molar-refractivity contribution in [3.05, 3.63) is 71.2 Å². The quantitative estimate of drug-likeness (QED) is 0.411. The Bertz CT molecular complexity index is 1200. The number of aromatic nitrogens is 2. The molecule has 5 nitrogen and oxygen atoms in total. The van der Waals surface area contributed by atoms with Crippen LogP contribution in [0.25, 0.3) is 21.5 Å². The first-order valence-corrected chi connectivity index (χ1v) is 11.0. The molecule has 0 bridgehead atoms. The van der Waals surface area contributed by atoms with E-state index in [1.807, 2.05) is 29.2 Å². The predicted molar refractivity (Wildman–Crippen MR) is 113 cm³/mol. The summed E-state index contributed by atoms with van der Waals surface area (Å²) in [5.74, 6) is -1.13. The van der Waals surface area contributed by atoms with Gasteiger partial charge in [-0.1, -0.05) is 18.2 Å². The van der Waals surface area contributed by atoms with Crippen LogP contribution in [0.15, 0.2) is 53.1 Å². The standard InChI is InChI=1S/C23H19F2N3O2S/c24-14-5-3-6-15(25)22(14)18-13-26-20(30-18)10-11-21(29)28-12-4-8-17(28)23-27-16-7-1-2-9-19(16)31-23/h1-3,5-7,9,13,17H,4,8,10-12H2/t17-/m1/s1. The summed E-state index contributed by atoms with van der Waals surface area (Å²) in [6.45, 7) is 0.691. The van der Waals surface area contributed by atoms with E-state index in [0.29, 0.717) is 6.54 Å². The molecule has 1 aliphatic rings. The van der Waals surface area contributed by atoms with Crippen LogP contribution in [-0.2, 0) is 11.2 Å². The van der Waals surface area contributed by atoms with Crippen LogP contribution in [0.2, 0.25) is 0 Å². The number of hydrogen-bond acceptors (Lipinski definition) is 5. The van der Waals surface area contributed by atoms with Crippen molar-refractivity contribution in [1.29, 1.82) is 0 Å². The van der Waals surface area contributed by atoms with Gasteiger partial charge < -0.3 is 9.32 Å². The van der Waals surface area contributed by atoms with Crippen LogP contribution >= 0.6 is 11.3 Å². The second-order valence-corrected chi connectivity index (χ2v) is 8.54. The maximum absolute atomic E-state index is 14.0. The average molecular weight is 439 g/mol. The first-order chi connectivity index (χ1) is 15.1. The Balaban J connectivity index is 1.28. The van der Waals surface area contributed by atoms with Gasteiger partial charge in [-0.3, -0.25) is 4.79 Å². The summed E-state index contributed by atoms with van der Waals surface area (Å²) in [5, 5.41) is 0.959. The molecular weight excluding hydrogens is 420 g/mol. The van der Waals surface area contributed by atoms with Gasteiger partial charge in [-0.15, -0.1) is 11.3 Å². The molecule has 1 fully saturated rings. The minimum absolute atomic E-state index is 0.00132. The van der Waals surface area contributed by atoms with Crippen molar-refractivity contribution >= 4 is 27.5 Å². The van der Waals surface area contributed by atoms with Gasteiger partial charge in [0.15, 0.2) is 11.7 Å². The van der Waals surface area contributed by atoms with Crippen molar-refractivity contribution in [2.75, 3.05) is 6.54 Å². The first kappa shape index (κ1) is 19.8. The molecule has 0 aliphatic carbocycles. The third-order valence-corrected chi connectivity index (χ3v) is 6.62. The highest BCUT2D eigenvalue weighted by Crippen LogP contribution is 2.37. The fraction of sp³-hybridized carbons (Fsp3) is 0.261. The number of amides is 1. The number of likely N-dealkylation sites (tertiary alicyclic amines) is 1. The number of carbonyl (C=O) groups is 1. The summed E-state index contributed by atoms with van der Waals surface area (Å²) < 4.78 is 34.5. The molecule has 2 aromatic carbocycles. The number of thiazole rings is 1. The number of carbonyl (C=O) groups excluding carboxylic acids is 1. The lowest BCUT2D eigenvalue weighted by molar-refractivity contribution is -0.132. The predicted octanol–water partition coefficient (Wildman–Crippen LogP) is 5.53. The zero-order chi connectivity index (χ0) is 21.4. The Labute approximate surface area is 181 Å². The van der Waals surface area contributed by atoms with Gasteiger partial charge >= 0.3 is 0 Å². The molecule has 1 aliphatic heterocycles. The number of hydrogen-bond donors (Lipinski definition) is 0. The number of benzene rings is 2. The monoisotopic (exact) mass is 439 g/mol. The van der Waals surface area contributed by atoms with Crippen LogP contribution in [0.3, 0.4) is 0 Å². The molecular formula is C23H19F2N3O2S. The summed E-state index contributed by atoms with van der Waals surface area (Å²) in [6.07, 6.45) is 3.59. The molecule has 31 heavy (non-hydrogen) atoms. The van der Waals surface area contributed by atoms with E-state index in [-0.39, 0.29) is 42.0 Å². The number of oxazole rings is 1.